The van der Waals surface area contributed by atoms with Crippen LogP contribution in [-0.4, -0.2) is 38.5 Å². The lowest BCUT2D eigenvalue weighted by molar-refractivity contribution is -0.384. The molecule has 0 saturated carbocycles. The average molecular weight is 417 g/mol. The fourth-order valence-corrected chi connectivity index (χ4v) is 4.63. The van der Waals surface area contributed by atoms with E-state index >= 15 is 0 Å². The number of hydrogen-bond acceptors (Lipinski definition) is 6. The van der Waals surface area contributed by atoms with Gasteiger partial charge in [-0.05, 0) is 49.1 Å². The van der Waals surface area contributed by atoms with E-state index in [1.165, 1.54) is 12.1 Å². The summed E-state index contributed by atoms with van der Waals surface area (Å²) in [5.74, 6) is -0.100. The highest BCUT2D eigenvalue weighted by Crippen LogP contribution is 2.33. The molecule has 2 aliphatic heterocycles. The molecule has 0 aliphatic carbocycles. The number of benzene rings is 2. The number of nitrogens with zero attached hydrogens (tertiary/aromatic N) is 2. The third kappa shape index (κ3) is 3.81. The number of hydrogen-bond donors (Lipinski definition) is 1. The van der Waals surface area contributed by atoms with Crippen LogP contribution in [0.3, 0.4) is 0 Å². The van der Waals surface area contributed by atoms with Gasteiger partial charge in [-0.15, -0.1) is 0 Å². The van der Waals surface area contributed by atoms with Gasteiger partial charge in [-0.3, -0.25) is 19.6 Å². The Labute approximate surface area is 167 Å². The molecular formula is C19H19N3O6S. The molecule has 2 aromatic rings. The maximum Gasteiger partial charge on any atom is 0.269 e. The topological polar surface area (TPSA) is 119 Å². The standard InChI is InChI=1S/C19H19N3O6S/c23-19(18-2-1-11-28-18)21-10-9-13-3-4-14(12-17(13)21)20-29(26,27)16-7-5-15(6-8-16)22(24)25/h3-8,12,18,20H,1-2,9-11H2. The second-order valence-corrected chi connectivity index (χ2v) is 8.62. The van der Waals surface area contributed by atoms with Crippen molar-refractivity contribution in [2.45, 2.75) is 30.3 Å². The molecule has 0 spiro atoms. The number of carbonyl (C=O) groups excluding carboxylic acids is 1. The Bertz CT molecular complexity index is 1060. The van der Waals surface area contributed by atoms with Gasteiger partial charge in [0.1, 0.15) is 6.10 Å². The fourth-order valence-electron chi connectivity index (χ4n) is 3.58. The zero-order valence-electron chi connectivity index (χ0n) is 15.4. The third-order valence-electron chi connectivity index (χ3n) is 5.06. The van der Waals surface area contributed by atoms with Crippen molar-refractivity contribution in [2.24, 2.45) is 0 Å². The number of nitrogens with one attached hydrogen (secondary N) is 1. The maximum atomic E-state index is 12.7. The Hall–Kier alpha value is -2.98. The summed E-state index contributed by atoms with van der Waals surface area (Å²) in [6, 6.07) is 9.71. The van der Waals surface area contributed by atoms with Crippen LogP contribution >= 0.6 is 0 Å². The lowest BCUT2D eigenvalue weighted by atomic mass is 10.1. The van der Waals surface area contributed by atoms with Crippen molar-refractivity contribution in [2.75, 3.05) is 22.8 Å². The molecule has 10 heteroatoms. The molecule has 0 aromatic heterocycles. The molecule has 2 heterocycles. The molecule has 1 fully saturated rings. The zero-order chi connectivity index (χ0) is 20.6. The summed E-state index contributed by atoms with van der Waals surface area (Å²) in [7, 11) is -3.93. The van der Waals surface area contributed by atoms with E-state index in [0.29, 0.717) is 37.4 Å². The second-order valence-electron chi connectivity index (χ2n) is 6.94. The summed E-state index contributed by atoms with van der Waals surface area (Å²) < 4.78 is 33.2. The van der Waals surface area contributed by atoms with Gasteiger partial charge in [0, 0.05) is 31.0 Å². The van der Waals surface area contributed by atoms with E-state index in [0.717, 1.165) is 24.1 Å². The van der Waals surface area contributed by atoms with Gasteiger partial charge in [0.15, 0.2) is 0 Å². The van der Waals surface area contributed by atoms with Crippen molar-refractivity contribution in [3.63, 3.8) is 0 Å². The van der Waals surface area contributed by atoms with E-state index in [9.17, 15) is 23.3 Å². The predicted molar refractivity (Wildman–Crippen MR) is 105 cm³/mol. The minimum Gasteiger partial charge on any atom is -0.368 e. The SMILES string of the molecule is O=C(C1CCCO1)N1CCc2ccc(NS(=O)(=O)c3ccc([N+](=O)[O-])cc3)cc21. The Balaban J connectivity index is 1.56. The summed E-state index contributed by atoms with van der Waals surface area (Å²) >= 11 is 0. The number of carbonyl (C=O) groups is 1. The number of rotatable bonds is 5. The summed E-state index contributed by atoms with van der Waals surface area (Å²) in [6.07, 6.45) is 1.80. The van der Waals surface area contributed by atoms with Crippen molar-refractivity contribution in [1.82, 2.24) is 0 Å². The number of nitro benzene ring substituents is 1. The van der Waals surface area contributed by atoms with Gasteiger partial charge < -0.3 is 9.64 Å². The molecule has 9 nitrogen and oxygen atoms in total. The first-order chi connectivity index (χ1) is 13.8. The van der Waals surface area contributed by atoms with Crippen molar-refractivity contribution < 1.29 is 22.9 Å². The minimum atomic E-state index is -3.93. The van der Waals surface area contributed by atoms with Gasteiger partial charge in [-0.25, -0.2) is 8.42 Å². The molecule has 1 unspecified atom stereocenters. The van der Waals surface area contributed by atoms with Crippen molar-refractivity contribution >= 4 is 33.0 Å². The molecule has 1 N–H and O–H groups in total. The lowest BCUT2D eigenvalue weighted by Crippen LogP contribution is -2.37. The van der Waals surface area contributed by atoms with Crippen LogP contribution in [0.1, 0.15) is 18.4 Å². The Morgan fingerprint density at radius 1 is 1.21 bits per heavy atom. The summed E-state index contributed by atoms with van der Waals surface area (Å²) in [6.45, 7) is 1.11. The van der Waals surface area contributed by atoms with Gasteiger partial charge >= 0.3 is 0 Å². The molecule has 29 heavy (non-hydrogen) atoms. The molecule has 1 atom stereocenters. The highest BCUT2D eigenvalue weighted by atomic mass is 32.2. The van der Waals surface area contributed by atoms with Gasteiger partial charge in [0.25, 0.3) is 21.6 Å². The lowest BCUT2D eigenvalue weighted by Gasteiger charge is -2.21. The molecule has 1 amide bonds. The van der Waals surface area contributed by atoms with E-state index in [4.69, 9.17) is 4.74 Å². The van der Waals surface area contributed by atoms with Crippen LogP contribution < -0.4 is 9.62 Å². The van der Waals surface area contributed by atoms with Crippen LogP contribution in [0.4, 0.5) is 17.1 Å². The molecular weight excluding hydrogens is 398 g/mol. The number of sulfonamides is 1. The summed E-state index contributed by atoms with van der Waals surface area (Å²) in [4.78, 5) is 24.4. The van der Waals surface area contributed by atoms with Gasteiger partial charge in [0.2, 0.25) is 0 Å². The first-order valence-corrected chi connectivity index (χ1v) is 10.7. The summed E-state index contributed by atoms with van der Waals surface area (Å²) in [5, 5.41) is 10.7. The molecule has 2 aromatic carbocycles. The quantitative estimate of drug-likeness (QED) is 0.590. The molecule has 2 aliphatic rings. The number of anilines is 2. The average Bonchev–Trinajstić information content (AvgIpc) is 3.37. The van der Waals surface area contributed by atoms with E-state index in [1.54, 1.807) is 23.1 Å². The van der Waals surface area contributed by atoms with Gasteiger partial charge in [0.05, 0.1) is 15.5 Å². The largest absolute Gasteiger partial charge is 0.368 e. The van der Waals surface area contributed by atoms with Crippen LogP contribution in [-0.2, 0) is 26.0 Å². The number of nitro groups is 1. The highest BCUT2D eigenvalue weighted by Gasteiger charge is 2.33. The maximum absolute atomic E-state index is 12.7. The molecule has 4 rings (SSSR count). The fraction of sp³-hybridized carbons (Fsp3) is 0.316. The first kappa shape index (κ1) is 19.3. The van der Waals surface area contributed by atoms with E-state index in [2.05, 4.69) is 4.72 Å². The summed E-state index contributed by atoms with van der Waals surface area (Å²) in [5.41, 5.74) is 1.77. The predicted octanol–water partition coefficient (Wildman–Crippen LogP) is 2.46. The highest BCUT2D eigenvalue weighted by molar-refractivity contribution is 7.92. The van der Waals surface area contributed by atoms with Crippen LogP contribution in [0.15, 0.2) is 47.4 Å². The van der Waals surface area contributed by atoms with Gasteiger partial charge in [-0.2, -0.15) is 0 Å². The Morgan fingerprint density at radius 2 is 1.97 bits per heavy atom. The molecule has 0 bridgehead atoms. The van der Waals surface area contributed by atoms with Gasteiger partial charge in [-0.1, -0.05) is 6.07 Å². The normalized spacial score (nSPS) is 18.5. The van der Waals surface area contributed by atoms with Crippen molar-refractivity contribution in [3.8, 4) is 0 Å². The smallest absolute Gasteiger partial charge is 0.269 e. The number of ether oxygens (including phenoxy) is 1. The van der Waals surface area contributed by atoms with Crippen LogP contribution in [0.25, 0.3) is 0 Å². The third-order valence-corrected chi connectivity index (χ3v) is 6.46. The Kier molecular flexibility index (Phi) is 4.97. The monoisotopic (exact) mass is 417 g/mol. The van der Waals surface area contributed by atoms with Crippen LogP contribution in [0.2, 0.25) is 0 Å². The van der Waals surface area contributed by atoms with E-state index < -0.39 is 21.1 Å². The van der Waals surface area contributed by atoms with Crippen LogP contribution in [0.5, 0.6) is 0 Å². The number of amides is 1. The van der Waals surface area contributed by atoms with Crippen LogP contribution in [0, 0.1) is 10.1 Å². The Morgan fingerprint density at radius 3 is 2.62 bits per heavy atom. The first-order valence-electron chi connectivity index (χ1n) is 9.18. The molecule has 0 radical (unpaired) electrons. The van der Waals surface area contributed by atoms with E-state index in [-0.39, 0.29) is 16.5 Å². The molecule has 152 valence electrons. The van der Waals surface area contributed by atoms with Crippen molar-refractivity contribution in [3.05, 3.63) is 58.1 Å². The minimum absolute atomic E-state index is 0.0871. The second kappa shape index (κ2) is 7.45. The zero-order valence-corrected chi connectivity index (χ0v) is 16.2. The number of non-ortho nitro benzene ring substituents is 1. The number of fused-ring (bicyclic) bond motifs is 1. The van der Waals surface area contributed by atoms with Crippen molar-refractivity contribution in [1.29, 1.82) is 0 Å². The molecule has 1 saturated heterocycles. The van der Waals surface area contributed by atoms with E-state index in [1.807, 2.05) is 0 Å².